The van der Waals surface area contributed by atoms with Gasteiger partial charge in [0.25, 0.3) is 11.7 Å². The molecule has 1 atom stereocenters. The molecule has 0 radical (unpaired) electrons. The van der Waals surface area contributed by atoms with Crippen LogP contribution < -0.4 is 9.64 Å². The van der Waals surface area contributed by atoms with E-state index >= 15 is 0 Å². The van der Waals surface area contributed by atoms with Crippen LogP contribution in [-0.4, -0.2) is 28.5 Å². The van der Waals surface area contributed by atoms with Crippen molar-refractivity contribution >= 4 is 23.1 Å². The molecule has 1 aliphatic heterocycles. The Kier molecular flexibility index (Phi) is 5.92. The molecule has 6 heteroatoms. The van der Waals surface area contributed by atoms with Gasteiger partial charge in [0, 0.05) is 11.3 Å². The summed E-state index contributed by atoms with van der Waals surface area (Å²) in [6, 6.07) is 17.6. The van der Waals surface area contributed by atoms with Gasteiger partial charge < -0.3 is 14.9 Å². The van der Waals surface area contributed by atoms with Gasteiger partial charge in [-0.25, -0.2) is 0 Å². The van der Waals surface area contributed by atoms with Gasteiger partial charge in [0.2, 0.25) is 0 Å². The average Bonchev–Trinajstić information content (AvgIpc) is 3.06. The van der Waals surface area contributed by atoms with Gasteiger partial charge in [-0.1, -0.05) is 18.2 Å². The number of carbonyl (C=O) groups is 2. The number of phenols is 1. The van der Waals surface area contributed by atoms with Crippen molar-refractivity contribution < 1.29 is 24.5 Å². The van der Waals surface area contributed by atoms with Crippen molar-refractivity contribution in [2.75, 3.05) is 11.5 Å². The van der Waals surface area contributed by atoms with Crippen LogP contribution >= 0.6 is 0 Å². The summed E-state index contributed by atoms with van der Waals surface area (Å²) in [7, 11) is 0. The van der Waals surface area contributed by atoms with Crippen LogP contribution in [0, 0.1) is 13.8 Å². The number of aliphatic hydroxyl groups excluding tert-OH is 1. The lowest BCUT2D eigenvalue weighted by molar-refractivity contribution is -0.132. The fourth-order valence-electron chi connectivity index (χ4n) is 4.02. The maximum atomic E-state index is 13.2. The molecule has 33 heavy (non-hydrogen) atoms. The quantitative estimate of drug-likeness (QED) is 0.328. The number of rotatable bonds is 5. The van der Waals surface area contributed by atoms with Gasteiger partial charge in [-0.15, -0.1) is 0 Å². The number of Topliss-reactive ketones (excluding diaryl/α,β-unsaturated/α-hetero) is 1. The van der Waals surface area contributed by atoms with Crippen molar-refractivity contribution in [1.82, 2.24) is 0 Å². The molecule has 168 valence electrons. The number of ketones is 1. The molecule has 0 aromatic heterocycles. The average molecular weight is 443 g/mol. The van der Waals surface area contributed by atoms with Crippen LogP contribution in [0.3, 0.4) is 0 Å². The zero-order valence-corrected chi connectivity index (χ0v) is 18.7. The van der Waals surface area contributed by atoms with Gasteiger partial charge in [0.05, 0.1) is 18.2 Å². The number of aliphatic hydroxyl groups is 1. The van der Waals surface area contributed by atoms with Gasteiger partial charge in [0.1, 0.15) is 17.3 Å². The minimum absolute atomic E-state index is 0.000702. The zero-order chi connectivity index (χ0) is 23.7. The fourth-order valence-corrected chi connectivity index (χ4v) is 4.02. The van der Waals surface area contributed by atoms with Crippen LogP contribution in [0.2, 0.25) is 0 Å². The van der Waals surface area contributed by atoms with E-state index in [1.807, 2.05) is 32.9 Å². The lowest BCUT2D eigenvalue weighted by Crippen LogP contribution is -2.29. The van der Waals surface area contributed by atoms with Gasteiger partial charge in [-0.2, -0.15) is 0 Å². The molecule has 3 aromatic rings. The molecule has 3 aromatic carbocycles. The first-order valence-electron chi connectivity index (χ1n) is 10.7. The van der Waals surface area contributed by atoms with E-state index in [2.05, 4.69) is 0 Å². The lowest BCUT2D eigenvalue weighted by atomic mass is 9.94. The van der Waals surface area contributed by atoms with Gasteiger partial charge in [0.15, 0.2) is 0 Å². The predicted octanol–water partition coefficient (Wildman–Crippen LogP) is 5.03. The lowest BCUT2D eigenvalue weighted by Gasteiger charge is -2.26. The molecule has 1 aliphatic rings. The number of amides is 1. The number of nitrogens with zero attached hydrogens (tertiary/aromatic N) is 1. The molecule has 1 heterocycles. The number of hydrogen-bond donors (Lipinski definition) is 2. The van der Waals surface area contributed by atoms with Crippen molar-refractivity contribution in [1.29, 1.82) is 0 Å². The Morgan fingerprint density at radius 3 is 2.33 bits per heavy atom. The third kappa shape index (κ3) is 4.07. The molecule has 0 aliphatic carbocycles. The van der Waals surface area contributed by atoms with Gasteiger partial charge in [-0.3, -0.25) is 14.5 Å². The SMILES string of the molecule is CCOc1ccc(/C(O)=C2\C(=O)C(=O)N(c3ccc(C)c(C)c3)C2c2cccc(O)c2)cc1. The standard InChI is InChI=1S/C27H25NO5/c1-4-33-22-12-9-18(10-13-22)25(30)23-24(19-6-5-7-21(29)15-19)28(27(32)26(23)31)20-11-8-16(2)17(3)14-20/h5-15,24,29-30H,4H2,1-3H3/b25-23+. The smallest absolute Gasteiger partial charge is 0.300 e. The Morgan fingerprint density at radius 1 is 0.970 bits per heavy atom. The summed E-state index contributed by atoms with van der Waals surface area (Å²) < 4.78 is 5.45. The second-order valence-corrected chi connectivity index (χ2v) is 7.99. The van der Waals surface area contributed by atoms with Crippen LogP contribution in [0.1, 0.15) is 35.2 Å². The van der Waals surface area contributed by atoms with Gasteiger partial charge in [-0.05, 0) is 86.0 Å². The summed E-state index contributed by atoms with van der Waals surface area (Å²) in [5.41, 5.74) is 3.43. The van der Waals surface area contributed by atoms with E-state index in [1.165, 1.54) is 17.0 Å². The molecule has 2 N–H and O–H groups in total. The predicted molar refractivity (Wildman–Crippen MR) is 126 cm³/mol. The molecular weight excluding hydrogens is 418 g/mol. The third-order valence-corrected chi connectivity index (χ3v) is 5.84. The van der Waals surface area contributed by atoms with Gasteiger partial charge >= 0.3 is 0 Å². The first-order valence-corrected chi connectivity index (χ1v) is 10.7. The summed E-state index contributed by atoms with van der Waals surface area (Å²) in [6.45, 7) is 6.27. The summed E-state index contributed by atoms with van der Waals surface area (Å²) in [4.78, 5) is 27.8. The second kappa shape index (κ2) is 8.82. The summed E-state index contributed by atoms with van der Waals surface area (Å²) >= 11 is 0. The number of hydrogen-bond acceptors (Lipinski definition) is 5. The Balaban J connectivity index is 1.91. The summed E-state index contributed by atoms with van der Waals surface area (Å²) in [6.07, 6.45) is 0. The maximum Gasteiger partial charge on any atom is 0.300 e. The van der Waals surface area contributed by atoms with Crippen molar-refractivity contribution in [2.24, 2.45) is 0 Å². The van der Waals surface area contributed by atoms with Crippen LogP contribution in [-0.2, 0) is 9.59 Å². The molecule has 4 rings (SSSR count). The molecule has 1 amide bonds. The summed E-state index contributed by atoms with van der Waals surface area (Å²) in [5.74, 6) is -1.17. The number of benzene rings is 3. The third-order valence-electron chi connectivity index (χ3n) is 5.84. The summed E-state index contributed by atoms with van der Waals surface area (Å²) in [5, 5.41) is 21.3. The number of carbonyl (C=O) groups excluding carboxylic acids is 2. The Hall–Kier alpha value is -4.06. The number of aromatic hydroxyl groups is 1. The minimum Gasteiger partial charge on any atom is -0.508 e. The van der Waals surface area contributed by atoms with Crippen LogP contribution in [0.5, 0.6) is 11.5 Å². The Morgan fingerprint density at radius 2 is 1.70 bits per heavy atom. The highest BCUT2D eigenvalue weighted by molar-refractivity contribution is 6.51. The fraction of sp³-hybridized carbons (Fsp3) is 0.185. The normalized spacial score (nSPS) is 17.4. The molecule has 0 saturated carbocycles. The highest BCUT2D eigenvalue weighted by atomic mass is 16.5. The highest BCUT2D eigenvalue weighted by Gasteiger charge is 2.47. The largest absolute Gasteiger partial charge is 0.508 e. The number of phenolic OH excluding ortho intramolecular Hbond substituents is 1. The minimum atomic E-state index is -0.897. The molecule has 0 spiro atoms. The maximum absolute atomic E-state index is 13.2. The van der Waals surface area contributed by atoms with Crippen LogP contribution in [0.4, 0.5) is 5.69 Å². The van der Waals surface area contributed by atoms with Crippen molar-refractivity contribution in [3.63, 3.8) is 0 Å². The number of ether oxygens (including phenoxy) is 1. The molecule has 0 bridgehead atoms. The molecule has 1 saturated heterocycles. The van der Waals surface area contributed by atoms with E-state index in [4.69, 9.17) is 4.74 Å². The first kappa shape index (κ1) is 22.1. The van der Waals surface area contributed by atoms with E-state index in [1.54, 1.807) is 42.5 Å². The van der Waals surface area contributed by atoms with E-state index in [-0.39, 0.29) is 17.1 Å². The van der Waals surface area contributed by atoms with Crippen LogP contribution in [0.15, 0.2) is 72.3 Å². The monoisotopic (exact) mass is 443 g/mol. The topological polar surface area (TPSA) is 87.1 Å². The first-order chi connectivity index (χ1) is 15.8. The van der Waals surface area contributed by atoms with E-state index in [9.17, 15) is 19.8 Å². The highest BCUT2D eigenvalue weighted by Crippen LogP contribution is 2.43. The van der Waals surface area contributed by atoms with E-state index in [0.29, 0.717) is 29.2 Å². The van der Waals surface area contributed by atoms with Crippen molar-refractivity contribution in [3.05, 3.63) is 94.6 Å². The molecule has 1 fully saturated rings. The zero-order valence-electron chi connectivity index (χ0n) is 18.7. The Bertz CT molecular complexity index is 1260. The van der Waals surface area contributed by atoms with E-state index in [0.717, 1.165) is 11.1 Å². The Labute approximate surface area is 192 Å². The second-order valence-electron chi connectivity index (χ2n) is 7.99. The molecule has 1 unspecified atom stereocenters. The van der Waals surface area contributed by atoms with Crippen molar-refractivity contribution in [2.45, 2.75) is 26.8 Å². The molecular formula is C27H25NO5. The number of anilines is 1. The molecule has 6 nitrogen and oxygen atoms in total. The van der Waals surface area contributed by atoms with Crippen LogP contribution in [0.25, 0.3) is 5.76 Å². The van der Waals surface area contributed by atoms with Crippen molar-refractivity contribution in [3.8, 4) is 11.5 Å². The van der Waals surface area contributed by atoms with E-state index < -0.39 is 17.7 Å². The number of aryl methyl sites for hydroxylation is 2.